The molecule has 178 valence electrons. The van der Waals surface area contributed by atoms with Crippen LogP contribution in [0.2, 0.25) is 0 Å². The Morgan fingerprint density at radius 3 is 2.42 bits per heavy atom. The van der Waals surface area contributed by atoms with Crippen LogP contribution < -0.4 is 10.3 Å². The molecular formula is C17H15F5N6O4S. The summed E-state index contributed by atoms with van der Waals surface area (Å²) in [6.07, 6.45) is -2.77. The highest BCUT2D eigenvalue weighted by molar-refractivity contribution is 7.91. The molecule has 3 heterocycles. The number of ether oxygens (including phenoxy) is 1. The highest BCUT2D eigenvalue weighted by atomic mass is 32.2. The summed E-state index contributed by atoms with van der Waals surface area (Å²) in [5.41, 5.74) is -1.40. The Bertz CT molecular complexity index is 1320. The lowest BCUT2D eigenvalue weighted by Gasteiger charge is -2.20. The molecule has 33 heavy (non-hydrogen) atoms. The Balaban J connectivity index is 2.10. The number of aromatic nitrogens is 6. The summed E-state index contributed by atoms with van der Waals surface area (Å²) in [6.45, 7) is -0.753. The van der Waals surface area contributed by atoms with Crippen molar-refractivity contribution in [2.24, 2.45) is 7.05 Å². The molecule has 0 aromatic carbocycles. The van der Waals surface area contributed by atoms with Crippen molar-refractivity contribution in [1.29, 1.82) is 0 Å². The van der Waals surface area contributed by atoms with Gasteiger partial charge in [-0.1, -0.05) is 6.92 Å². The summed E-state index contributed by atoms with van der Waals surface area (Å²) >= 11 is 0. The zero-order valence-electron chi connectivity index (χ0n) is 16.9. The van der Waals surface area contributed by atoms with Crippen molar-refractivity contribution in [3.63, 3.8) is 0 Å². The van der Waals surface area contributed by atoms with Crippen molar-refractivity contribution < 1.29 is 35.1 Å². The number of sulfone groups is 1. The minimum atomic E-state index is -5.87. The Morgan fingerprint density at radius 2 is 1.85 bits per heavy atom. The molecule has 0 aliphatic heterocycles. The fourth-order valence-corrected chi connectivity index (χ4v) is 3.57. The van der Waals surface area contributed by atoms with Gasteiger partial charge >= 0.3 is 12.1 Å². The van der Waals surface area contributed by atoms with Crippen LogP contribution in [0.3, 0.4) is 0 Å². The average Bonchev–Trinajstić information content (AvgIpc) is 3.28. The summed E-state index contributed by atoms with van der Waals surface area (Å²) in [4.78, 5) is 24.1. The number of hydrogen-bond donors (Lipinski definition) is 0. The molecule has 3 aromatic heterocycles. The summed E-state index contributed by atoms with van der Waals surface area (Å²) < 4.78 is 94.7. The zero-order chi connectivity index (χ0) is 24.6. The lowest BCUT2D eigenvalue weighted by Crippen LogP contribution is -2.42. The number of rotatable bonds is 7. The first kappa shape index (κ1) is 24.2. The molecule has 16 heteroatoms. The molecule has 3 rings (SSSR count). The van der Waals surface area contributed by atoms with Crippen LogP contribution in [0.5, 0.6) is 5.75 Å². The van der Waals surface area contributed by atoms with Crippen LogP contribution >= 0.6 is 0 Å². The van der Waals surface area contributed by atoms with Gasteiger partial charge in [0.15, 0.2) is 28.1 Å². The first-order valence-corrected chi connectivity index (χ1v) is 10.7. The number of hydrogen-bond acceptors (Lipinski definition) is 8. The van der Waals surface area contributed by atoms with Crippen molar-refractivity contribution in [2.75, 3.05) is 12.4 Å². The number of nitrogens with zero attached hydrogens (tertiary/aromatic N) is 6. The summed E-state index contributed by atoms with van der Waals surface area (Å²) in [5, 5.41) is 3.88. The second-order valence-electron chi connectivity index (χ2n) is 6.56. The zero-order valence-corrected chi connectivity index (χ0v) is 17.7. The lowest BCUT2D eigenvalue weighted by atomic mass is 10.3. The molecular weight excluding hydrogens is 479 g/mol. The third kappa shape index (κ3) is 4.69. The highest BCUT2D eigenvalue weighted by Crippen LogP contribution is 2.35. The van der Waals surface area contributed by atoms with Crippen LogP contribution in [0, 0.1) is 0 Å². The average molecular weight is 494 g/mol. The van der Waals surface area contributed by atoms with E-state index in [1.165, 1.54) is 36.4 Å². The van der Waals surface area contributed by atoms with E-state index < -0.39 is 39.9 Å². The van der Waals surface area contributed by atoms with Gasteiger partial charge in [0, 0.05) is 7.05 Å². The fraction of sp³-hybridized carbons (Fsp3) is 0.353. The summed E-state index contributed by atoms with van der Waals surface area (Å²) in [5.74, 6) is -6.59. The molecule has 3 aromatic rings. The van der Waals surface area contributed by atoms with Gasteiger partial charge in [0.25, 0.3) is 5.56 Å². The highest BCUT2D eigenvalue weighted by Gasteiger charge is 2.58. The molecule has 0 aliphatic rings. The Morgan fingerprint density at radius 1 is 1.15 bits per heavy atom. The van der Waals surface area contributed by atoms with E-state index in [0.29, 0.717) is 6.20 Å². The first-order chi connectivity index (χ1) is 15.3. The third-order valence-corrected chi connectivity index (χ3v) is 6.14. The van der Waals surface area contributed by atoms with Gasteiger partial charge in [-0.2, -0.15) is 27.1 Å². The van der Waals surface area contributed by atoms with Gasteiger partial charge in [-0.05, 0) is 12.1 Å². The van der Waals surface area contributed by atoms with Gasteiger partial charge in [-0.25, -0.2) is 28.1 Å². The van der Waals surface area contributed by atoms with E-state index in [0.717, 1.165) is 11.6 Å². The molecule has 0 atom stereocenters. The second kappa shape index (κ2) is 8.49. The van der Waals surface area contributed by atoms with Crippen molar-refractivity contribution in [3.8, 4) is 23.1 Å². The molecule has 0 aliphatic carbocycles. The number of alkyl halides is 5. The third-order valence-electron chi connectivity index (χ3n) is 4.38. The van der Waals surface area contributed by atoms with Crippen LogP contribution in [0.1, 0.15) is 6.92 Å². The molecule has 0 bridgehead atoms. The van der Waals surface area contributed by atoms with Gasteiger partial charge in [-0.15, -0.1) is 0 Å². The fourth-order valence-electron chi connectivity index (χ4n) is 2.55. The maximum atomic E-state index is 13.1. The molecule has 0 saturated heterocycles. The van der Waals surface area contributed by atoms with Gasteiger partial charge < -0.3 is 4.74 Å². The largest absolute Gasteiger partial charge is 0.480 e. The van der Waals surface area contributed by atoms with E-state index in [9.17, 15) is 35.2 Å². The van der Waals surface area contributed by atoms with Crippen molar-refractivity contribution >= 4 is 9.84 Å². The van der Waals surface area contributed by atoms with Crippen molar-refractivity contribution in [2.45, 2.75) is 23.9 Å². The molecule has 0 saturated carbocycles. The van der Waals surface area contributed by atoms with E-state index in [2.05, 4.69) is 24.8 Å². The summed E-state index contributed by atoms with van der Waals surface area (Å²) in [7, 11) is -2.76. The molecule has 0 spiro atoms. The van der Waals surface area contributed by atoms with Crippen LogP contribution in [0.4, 0.5) is 22.0 Å². The van der Waals surface area contributed by atoms with E-state index in [4.69, 9.17) is 0 Å². The molecule has 0 fully saturated rings. The summed E-state index contributed by atoms with van der Waals surface area (Å²) in [6, 6.07) is 2.56. The van der Waals surface area contributed by atoms with Crippen molar-refractivity contribution in [1.82, 2.24) is 29.3 Å². The molecule has 0 radical (unpaired) electrons. The smallest absolute Gasteiger partial charge is 0.456 e. The Labute approximate surface area is 182 Å². The van der Waals surface area contributed by atoms with Crippen LogP contribution in [-0.2, 0) is 16.9 Å². The van der Waals surface area contributed by atoms with Crippen LogP contribution in [0.15, 0.2) is 40.7 Å². The standard InChI is InChI=1S/C17H15F5N6O4S/c1-3-33(30,31)11-4-5-12(28-9-23-8-25-28)26-13(11)14-24-6-10(15(29)27(14)2)32-7-16(18,19)17(20,21)22/h4-6,8-9H,3,7H2,1-2H3. The lowest BCUT2D eigenvalue weighted by molar-refractivity contribution is -0.290. The molecule has 0 unspecified atom stereocenters. The maximum Gasteiger partial charge on any atom is 0.456 e. The number of pyridine rings is 1. The monoisotopic (exact) mass is 494 g/mol. The quantitative estimate of drug-likeness (QED) is 0.456. The van der Waals surface area contributed by atoms with Crippen molar-refractivity contribution in [3.05, 3.63) is 41.3 Å². The van der Waals surface area contributed by atoms with Gasteiger partial charge in [0.05, 0.1) is 16.8 Å². The normalized spacial score (nSPS) is 12.7. The second-order valence-corrected chi connectivity index (χ2v) is 8.81. The van der Waals surface area contributed by atoms with Gasteiger partial charge in [0.1, 0.15) is 18.3 Å². The van der Waals surface area contributed by atoms with Crippen LogP contribution in [0.25, 0.3) is 17.3 Å². The topological polar surface area (TPSA) is 122 Å². The first-order valence-electron chi connectivity index (χ1n) is 9.01. The molecule has 0 N–H and O–H groups in total. The Hall–Kier alpha value is -3.43. The van der Waals surface area contributed by atoms with Crippen LogP contribution in [-0.4, -0.2) is 62.2 Å². The SMILES string of the molecule is CCS(=O)(=O)c1ccc(-n2cncn2)nc1-c1ncc(OCC(F)(F)C(F)(F)F)c(=O)n1C. The molecule has 10 nitrogen and oxygen atoms in total. The van der Waals surface area contributed by atoms with E-state index in [1.807, 2.05) is 0 Å². The minimum absolute atomic E-state index is 0.122. The predicted molar refractivity (Wildman–Crippen MR) is 102 cm³/mol. The minimum Gasteiger partial charge on any atom is -0.480 e. The number of halogens is 5. The van der Waals surface area contributed by atoms with Gasteiger partial charge in [0.2, 0.25) is 5.75 Å². The maximum absolute atomic E-state index is 13.1. The molecule has 0 amide bonds. The van der Waals surface area contributed by atoms with E-state index in [1.54, 1.807) is 0 Å². The van der Waals surface area contributed by atoms with E-state index in [-0.39, 0.29) is 28.0 Å². The Kier molecular flexibility index (Phi) is 6.23. The van der Waals surface area contributed by atoms with Gasteiger partial charge in [-0.3, -0.25) is 9.36 Å². The van der Waals surface area contributed by atoms with E-state index >= 15 is 0 Å². The predicted octanol–water partition coefficient (Wildman–Crippen LogP) is 1.79.